The van der Waals surface area contributed by atoms with Crippen molar-refractivity contribution in [3.05, 3.63) is 71.3 Å². The van der Waals surface area contributed by atoms with Crippen LogP contribution in [0.2, 0.25) is 0 Å². The molecule has 2 aromatic carbocycles. The van der Waals surface area contributed by atoms with Crippen molar-refractivity contribution in [1.29, 1.82) is 0 Å². The monoisotopic (exact) mass is 296 g/mol. The van der Waals surface area contributed by atoms with E-state index in [0.29, 0.717) is 12.1 Å². The first kappa shape index (κ1) is 16.2. The van der Waals surface area contributed by atoms with Gasteiger partial charge < -0.3 is 11.1 Å². The second-order valence-electron chi connectivity index (χ2n) is 6.22. The molecule has 3 heteroatoms. The Bertz CT molecular complexity index is 603. The van der Waals surface area contributed by atoms with E-state index in [1.165, 1.54) is 5.56 Å². The lowest BCUT2D eigenvalue weighted by Crippen LogP contribution is -2.43. The number of carbonyl (C=O) groups excluding carboxylic acids is 1. The van der Waals surface area contributed by atoms with Crippen molar-refractivity contribution in [2.45, 2.75) is 38.8 Å². The Morgan fingerprint density at radius 2 is 1.64 bits per heavy atom. The summed E-state index contributed by atoms with van der Waals surface area (Å²) in [5.74, 6) is -0.0402. The Kier molecular flexibility index (Phi) is 5.34. The first-order valence-corrected chi connectivity index (χ1v) is 7.66. The molecule has 1 amide bonds. The van der Waals surface area contributed by atoms with Gasteiger partial charge in [-0.25, -0.2) is 0 Å². The molecule has 0 atom stereocenters. The molecular weight excluding hydrogens is 272 g/mol. The topological polar surface area (TPSA) is 55.1 Å². The molecule has 0 aliphatic heterocycles. The largest absolute Gasteiger partial charge is 0.347 e. The lowest BCUT2D eigenvalue weighted by Gasteiger charge is -2.26. The zero-order chi connectivity index (χ0) is 16.0. The van der Waals surface area contributed by atoms with Crippen LogP contribution in [0.15, 0.2) is 54.6 Å². The highest BCUT2D eigenvalue weighted by atomic mass is 16.1. The Balaban J connectivity index is 1.93. The number of rotatable bonds is 6. The van der Waals surface area contributed by atoms with Gasteiger partial charge in [-0.05, 0) is 49.9 Å². The molecule has 0 radical (unpaired) electrons. The van der Waals surface area contributed by atoms with E-state index in [9.17, 15) is 4.79 Å². The smallest absolute Gasteiger partial charge is 0.251 e. The van der Waals surface area contributed by atoms with Crippen LogP contribution in [-0.2, 0) is 13.0 Å². The molecular formula is C19H24N2O. The minimum atomic E-state index is -0.251. The van der Waals surface area contributed by atoms with Crippen LogP contribution in [0.25, 0.3) is 0 Å². The average molecular weight is 296 g/mol. The summed E-state index contributed by atoms with van der Waals surface area (Å²) >= 11 is 0. The van der Waals surface area contributed by atoms with E-state index in [1.807, 2.05) is 42.5 Å². The summed E-state index contributed by atoms with van der Waals surface area (Å²) in [5, 5.41) is 3.11. The van der Waals surface area contributed by atoms with E-state index < -0.39 is 0 Å². The van der Waals surface area contributed by atoms with Gasteiger partial charge in [0.25, 0.3) is 5.91 Å². The Labute approximate surface area is 132 Å². The lowest BCUT2D eigenvalue weighted by atomic mass is 9.94. The Morgan fingerprint density at radius 1 is 1.00 bits per heavy atom. The van der Waals surface area contributed by atoms with Gasteiger partial charge in [0.05, 0.1) is 0 Å². The zero-order valence-corrected chi connectivity index (χ0v) is 13.3. The number of aryl methyl sites for hydroxylation is 1. The summed E-state index contributed by atoms with van der Waals surface area (Å²) in [5.41, 5.74) is 8.31. The van der Waals surface area contributed by atoms with Crippen LogP contribution >= 0.6 is 0 Å². The molecule has 2 rings (SSSR count). The van der Waals surface area contributed by atoms with Crippen LogP contribution in [0, 0.1) is 0 Å². The summed E-state index contributed by atoms with van der Waals surface area (Å²) in [6.45, 7) is 4.61. The second kappa shape index (κ2) is 7.23. The van der Waals surface area contributed by atoms with Crippen LogP contribution in [0.3, 0.4) is 0 Å². The van der Waals surface area contributed by atoms with Gasteiger partial charge in [-0.1, -0.05) is 42.5 Å². The summed E-state index contributed by atoms with van der Waals surface area (Å²) in [7, 11) is 0. The molecule has 2 aromatic rings. The number of hydrogen-bond acceptors (Lipinski definition) is 2. The molecule has 0 saturated heterocycles. The van der Waals surface area contributed by atoms with Gasteiger partial charge in [0, 0.05) is 17.6 Å². The van der Waals surface area contributed by atoms with Crippen molar-refractivity contribution in [3.8, 4) is 0 Å². The molecule has 0 saturated carbocycles. The first-order valence-electron chi connectivity index (χ1n) is 7.66. The van der Waals surface area contributed by atoms with Crippen molar-refractivity contribution < 1.29 is 4.79 Å². The minimum absolute atomic E-state index is 0.0402. The number of amides is 1. The van der Waals surface area contributed by atoms with E-state index in [-0.39, 0.29) is 11.4 Å². The fourth-order valence-corrected chi connectivity index (χ4v) is 2.34. The highest BCUT2D eigenvalue weighted by molar-refractivity contribution is 5.94. The average Bonchev–Trinajstić information content (AvgIpc) is 2.54. The predicted octanol–water partition coefficient (Wildman–Crippen LogP) is 3.29. The molecule has 116 valence electrons. The van der Waals surface area contributed by atoms with Gasteiger partial charge in [0.15, 0.2) is 0 Å². The van der Waals surface area contributed by atoms with Crippen LogP contribution in [-0.4, -0.2) is 11.4 Å². The Hall–Kier alpha value is -2.13. The molecule has 0 aliphatic rings. The molecule has 3 N–H and O–H groups in total. The van der Waals surface area contributed by atoms with Gasteiger partial charge in [-0.3, -0.25) is 4.79 Å². The molecule has 0 unspecified atom stereocenters. The minimum Gasteiger partial charge on any atom is -0.347 e. The Morgan fingerprint density at radius 3 is 2.23 bits per heavy atom. The normalized spacial score (nSPS) is 11.2. The second-order valence-corrected chi connectivity index (χ2v) is 6.22. The molecule has 0 aromatic heterocycles. The molecule has 0 spiro atoms. The van der Waals surface area contributed by atoms with Gasteiger partial charge in [-0.2, -0.15) is 0 Å². The van der Waals surface area contributed by atoms with Crippen LogP contribution in [0.4, 0.5) is 0 Å². The first-order chi connectivity index (χ1) is 10.5. The zero-order valence-electron chi connectivity index (χ0n) is 13.3. The van der Waals surface area contributed by atoms with Crippen molar-refractivity contribution >= 4 is 5.91 Å². The molecule has 0 heterocycles. The highest BCUT2D eigenvalue weighted by Gasteiger charge is 2.20. The maximum atomic E-state index is 12.3. The maximum absolute atomic E-state index is 12.3. The molecule has 22 heavy (non-hydrogen) atoms. The number of nitrogens with one attached hydrogen (secondary N) is 1. The highest BCUT2D eigenvalue weighted by Crippen LogP contribution is 2.15. The van der Waals surface area contributed by atoms with Gasteiger partial charge in [0.2, 0.25) is 0 Å². The molecule has 0 aliphatic carbocycles. The SMILES string of the molecule is CC(C)(CCc1ccccc1)NC(=O)c1ccc(CN)cc1. The van der Waals surface area contributed by atoms with Crippen LogP contribution < -0.4 is 11.1 Å². The van der Waals surface area contributed by atoms with Crippen molar-refractivity contribution in [1.82, 2.24) is 5.32 Å². The standard InChI is InChI=1S/C19H24N2O/c1-19(2,13-12-15-6-4-3-5-7-15)21-18(22)17-10-8-16(14-20)9-11-17/h3-11H,12-14,20H2,1-2H3,(H,21,22). The molecule has 3 nitrogen and oxygen atoms in total. The number of carbonyl (C=O) groups is 1. The van der Waals surface area contributed by atoms with Crippen molar-refractivity contribution in [2.24, 2.45) is 5.73 Å². The molecule has 0 fully saturated rings. The van der Waals surface area contributed by atoms with E-state index in [2.05, 4.69) is 31.3 Å². The predicted molar refractivity (Wildman–Crippen MR) is 90.6 cm³/mol. The third-order valence-corrected chi connectivity index (χ3v) is 3.79. The van der Waals surface area contributed by atoms with Gasteiger partial charge >= 0.3 is 0 Å². The third kappa shape index (κ3) is 4.71. The fraction of sp³-hybridized carbons (Fsp3) is 0.316. The number of hydrogen-bond donors (Lipinski definition) is 2. The van der Waals surface area contributed by atoms with Gasteiger partial charge in [-0.15, -0.1) is 0 Å². The van der Waals surface area contributed by atoms with Crippen LogP contribution in [0.5, 0.6) is 0 Å². The number of nitrogens with two attached hydrogens (primary N) is 1. The fourth-order valence-electron chi connectivity index (χ4n) is 2.34. The summed E-state index contributed by atoms with van der Waals surface area (Å²) in [6.07, 6.45) is 1.84. The summed E-state index contributed by atoms with van der Waals surface area (Å²) in [4.78, 5) is 12.3. The quantitative estimate of drug-likeness (QED) is 0.859. The van der Waals surface area contributed by atoms with E-state index >= 15 is 0 Å². The summed E-state index contributed by atoms with van der Waals surface area (Å²) < 4.78 is 0. The van der Waals surface area contributed by atoms with Crippen LogP contribution in [0.1, 0.15) is 41.8 Å². The molecule has 0 bridgehead atoms. The van der Waals surface area contributed by atoms with E-state index in [1.54, 1.807) is 0 Å². The van der Waals surface area contributed by atoms with E-state index in [4.69, 9.17) is 5.73 Å². The van der Waals surface area contributed by atoms with Crippen molar-refractivity contribution in [3.63, 3.8) is 0 Å². The lowest BCUT2D eigenvalue weighted by molar-refractivity contribution is 0.0909. The maximum Gasteiger partial charge on any atom is 0.251 e. The summed E-state index contributed by atoms with van der Waals surface area (Å²) in [6, 6.07) is 17.8. The number of benzene rings is 2. The third-order valence-electron chi connectivity index (χ3n) is 3.79. The van der Waals surface area contributed by atoms with E-state index in [0.717, 1.165) is 18.4 Å². The van der Waals surface area contributed by atoms with Crippen molar-refractivity contribution in [2.75, 3.05) is 0 Å². The van der Waals surface area contributed by atoms with Gasteiger partial charge in [0.1, 0.15) is 0 Å².